The quantitative estimate of drug-likeness (QED) is 0.304. The number of amides is 2. The number of ether oxygens (including phenoxy) is 2. The van der Waals surface area contributed by atoms with Gasteiger partial charge in [-0.05, 0) is 65.8 Å². The van der Waals surface area contributed by atoms with Gasteiger partial charge in [-0.25, -0.2) is 0 Å². The SMILES string of the molecule is COc1ccc(C=CC(=O)NC(=S)NNC(=O)C(C)Oc2ccc3ccccc3c2)cc1. The van der Waals surface area contributed by atoms with Gasteiger partial charge >= 0.3 is 0 Å². The Kier molecular flexibility index (Phi) is 7.77. The molecule has 2 amide bonds. The molecule has 7 nitrogen and oxygen atoms in total. The molecular formula is C24H23N3O4S. The van der Waals surface area contributed by atoms with E-state index in [1.54, 1.807) is 38.3 Å². The van der Waals surface area contributed by atoms with E-state index in [-0.39, 0.29) is 5.11 Å². The van der Waals surface area contributed by atoms with Gasteiger partial charge in [-0.3, -0.25) is 25.8 Å². The fourth-order valence-corrected chi connectivity index (χ4v) is 2.94. The highest BCUT2D eigenvalue weighted by atomic mass is 32.1. The normalized spacial score (nSPS) is 11.6. The molecule has 164 valence electrons. The topological polar surface area (TPSA) is 88.7 Å². The van der Waals surface area contributed by atoms with Crippen LogP contribution in [0, 0.1) is 0 Å². The number of carbonyl (C=O) groups is 2. The van der Waals surface area contributed by atoms with E-state index in [0.29, 0.717) is 5.75 Å². The highest BCUT2D eigenvalue weighted by molar-refractivity contribution is 7.80. The second-order valence-electron chi connectivity index (χ2n) is 6.81. The molecule has 0 fully saturated rings. The smallest absolute Gasteiger partial charge is 0.279 e. The minimum atomic E-state index is -0.780. The molecule has 0 bridgehead atoms. The number of fused-ring (bicyclic) bond motifs is 1. The maximum atomic E-state index is 12.3. The van der Waals surface area contributed by atoms with E-state index in [4.69, 9.17) is 21.7 Å². The summed E-state index contributed by atoms with van der Waals surface area (Å²) in [7, 11) is 1.58. The van der Waals surface area contributed by atoms with Crippen LogP contribution in [-0.4, -0.2) is 30.1 Å². The van der Waals surface area contributed by atoms with E-state index in [0.717, 1.165) is 22.1 Å². The van der Waals surface area contributed by atoms with Gasteiger partial charge in [0.25, 0.3) is 5.91 Å². The number of hydrazine groups is 1. The first-order valence-electron chi connectivity index (χ1n) is 9.83. The predicted molar refractivity (Wildman–Crippen MR) is 128 cm³/mol. The van der Waals surface area contributed by atoms with Gasteiger partial charge in [-0.15, -0.1) is 0 Å². The van der Waals surface area contributed by atoms with Crippen LogP contribution in [0.2, 0.25) is 0 Å². The molecule has 0 spiro atoms. The zero-order valence-electron chi connectivity index (χ0n) is 17.6. The van der Waals surface area contributed by atoms with Crippen LogP contribution < -0.4 is 25.6 Å². The fraction of sp³-hybridized carbons (Fsp3) is 0.125. The van der Waals surface area contributed by atoms with Crippen molar-refractivity contribution in [3.8, 4) is 11.5 Å². The van der Waals surface area contributed by atoms with Crippen molar-refractivity contribution in [1.82, 2.24) is 16.2 Å². The van der Waals surface area contributed by atoms with Gasteiger partial charge < -0.3 is 9.47 Å². The lowest BCUT2D eigenvalue weighted by Crippen LogP contribution is -2.51. The lowest BCUT2D eigenvalue weighted by Gasteiger charge is -2.16. The molecule has 3 N–H and O–H groups in total. The number of rotatable bonds is 6. The molecule has 8 heteroatoms. The summed E-state index contributed by atoms with van der Waals surface area (Å²) in [6.07, 6.45) is 2.19. The first kappa shape index (κ1) is 22.8. The van der Waals surface area contributed by atoms with E-state index in [1.165, 1.54) is 6.08 Å². The number of nitrogens with one attached hydrogen (secondary N) is 3. The minimum Gasteiger partial charge on any atom is -0.497 e. The van der Waals surface area contributed by atoms with Crippen LogP contribution in [-0.2, 0) is 9.59 Å². The first-order chi connectivity index (χ1) is 15.4. The zero-order valence-corrected chi connectivity index (χ0v) is 18.4. The molecule has 0 aromatic heterocycles. The molecule has 3 aromatic rings. The average Bonchev–Trinajstić information content (AvgIpc) is 2.81. The zero-order chi connectivity index (χ0) is 22.9. The van der Waals surface area contributed by atoms with Crippen molar-refractivity contribution in [3.05, 3.63) is 78.4 Å². The Bertz CT molecular complexity index is 1150. The van der Waals surface area contributed by atoms with Crippen LogP contribution in [0.15, 0.2) is 72.8 Å². The van der Waals surface area contributed by atoms with Gasteiger partial charge in [0.2, 0.25) is 5.91 Å². The van der Waals surface area contributed by atoms with Crippen LogP contribution in [0.1, 0.15) is 12.5 Å². The molecular weight excluding hydrogens is 426 g/mol. The number of thiocarbonyl (C=S) groups is 1. The molecule has 0 heterocycles. The summed E-state index contributed by atoms with van der Waals surface area (Å²) >= 11 is 5.03. The maximum Gasteiger partial charge on any atom is 0.279 e. The number of carbonyl (C=O) groups excluding carboxylic acids is 2. The number of methoxy groups -OCH3 is 1. The Morgan fingerprint density at radius 2 is 1.62 bits per heavy atom. The monoisotopic (exact) mass is 449 g/mol. The van der Waals surface area contributed by atoms with Crippen LogP contribution in [0.4, 0.5) is 0 Å². The molecule has 0 radical (unpaired) electrons. The second kappa shape index (κ2) is 10.9. The summed E-state index contributed by atoms with van der Waals surface area (Å²) in [6.45, 7) is 1.62. The molecule has 0 aliphatic carbocycles. The van der Waals surface area contributed by atoms with Crippen molar-refractivity contribution in [3.63, 3.8) is 0 Å². The second-order valence-corrected chi connectivity index (χ2v) is 7.22. The van der Waals surface area contributed by atoms with Crippen molar-refractivity contribution < 1.29 is 19.1 Å². The number of hydrogen-bond acceptors (Lipinski definition) is 5. The fourth-order valence-electron chi connectivity index (χ4n) is 2.79. The van der Waals surface area contributed by atoms with Gasteiger partial charge in [-0.1, -0.05) is 42.5 Å². The molecule has 3 aromatic carbocycles. The molecule has 0 saturated carbocycles. The van der Waals surface area contributed by atoms with E-state index in [2.05, 4.69) is 16.2 Å². The minimum absolute atomic E-state index is 0.0411. The Labute approximate surface area is 191 Å². The highest BCUT2D eigenvalue weighted by Crippen LogP contribution is 2.21. The Balaban J connectivity index is 1.44. The maximum absolute atomic E-state index is 12.3. The van der Waals surface area contributed by atoms with E-state index < -0.39 is 17.9 Å². The standard InChI is InChI=1S/C24H23N3O4S/c1-16(31-21-13-10-18-5-3-4-6-19(18)15-21)23(29)26-27-24(32)25-22(28)14-9-17-7-11-20(30-2)12-8-17/h3-16H,1-2H3,(H,26,29)(H2,25,27,28,32). The van der Waals surface area contributed by atoms with E-state index in [9.17, 15) is 9.59 Å². The van der Waals surface area contributed by atoms with Crippen molar-refractivity contribution in [2.75, 3.05) is 7.11 Å². The van der Waals surface area contributed by atoms with Gasteiger partial charge in [0, 0.05) is 6.08 Å². The van der Waals surface area contributed by atoms with Crippen LogP contribution in [0.5, 0.6) is 11.5 Å². The molecule has 0 aliphatic rings. The molecule has 1 atom stereocenters. The molecule has 0 saturated heterocycles. The molecule has 3 rings (SSSR count). The Morgan fingerprint density at radius 3 is 2.34 bits per heavy atom. The average molecular weight is 450 g/mol. The molecule has 1 unspecified atom stereocenters. The number of hydrogen-bond donors (Lipinski definition) is 3. The van der Waals surface area contributed by atoms with Gasteiger partial charge in [0.1, 0.15) is 11.5 Å². The van der Waals surface area contributed by atoms with Gasteiger partial charge in [0.15, 0.2) is 11.2 Å². The third kappa shape index (κ3) is 6.55. The molecule has 0 aliphatic heterocycles. The van der Waals surface area contributed by atoms with Gasteiger partial charge in [-0.2, -0.15) is 0 Å². The van der Waals surface area contributed by atoms with Crippen molar-refractivity contribution in [2.45, 2.75) is 13.0 Å². The summed E-state index contributed by atoms with van der Waals surface area (Å²) in [5, 5.41) is 4.51. The number of benzene rings is 3. The third-order valence-electron chi connectivity index (χ3n) is 4.48. The summed E-state index contributed by atoms with van der Waals surface area (Å²) in [6, 6.07) is 20.7. The summed E-state index contributed by atoms with van der Waals surface area (Å²) in [5.41, 5.74) is 5.74. The molecule has 32 heavy (non-hydrogen) atoms. The van der Waals surface area contributed by atoms with Gasteiger partial charge in [0.05, 0.1) is 7.11 Å². The first-order valence-corrected chi connectivity index (χ1v) is 10.2. The lowest BCUT2D eigenvalue weighted by molar-refractivity contribution is -0.128. The van der Waals surface area contributed by atoms with E-state index >= 15 is 0 Å². The largest absolute Gasteiger partial charge is 0.497 e. The van der Waals surface area contributed by atoms with Crippen molar-refractivity contribution in [2.24, 2.45) is 0 Å². The lowest BCUT2D eigenvalue weighted by atomic mass is 10.1. The Morgan fingerprint density at radius 1 is 0.938 bits per heavy atom. The summed E-state index contributed by atoms with van der Waals surface area (Å²) in [5.74, 6) is 0.425. The van der Waals surface area contributed by atoms with Crippen molar-refractivity contribution >= 4 is 46.0 Å². The van der Waals surface area contributed by atoms with Crippen molar-refractivity contribution in [1.29, 1.82) is 0 Å². The van der Waals surface area contributed by atoms with Crippen LogP contribution in [0.3, 0.4) is 0 Å². The van der Waals surface area contributed by atoms with Crippen LogP contribution >= 0.6 is 12.2 Å². The van der Waals surface area contributed by atoms with Crippen LogP contribution in [0.25, 0.3) is 16.8 Å². The highest BCUT2D eigenvalue weighted by Gasteiger charge is 2.15. The predicted octanol–water partition coefficient (Wildman–Crippen LogP) is 3.35. The Hall–Kier alpha value is -3.91. The summed E-state index contributed by atoms with van der Waals surface area (Å²) < 4.78 is 10.8. The summed E-state index contributed by atoms with van der Waals surface area (Å²) in [4.78, 5) is 24.3. The van der Waals surface area contributed by atoms with E-state index in [1.807, 2.05) is 48.5 Å². The third-order valence-corrected chi connectivity index (χ3v) is 4.69.